The largest absolute Gasteiger partial charge is 0.478 e. The third-order valence-electron chi connectivity index (χ3n) is 2.80. The summed E-state index contributed by atoms with van der Waals surface area (Å²) in [5.41, 5.74) is 0.883. The summed E-state index contributed by atoms with van der Waals surface area (Å²) in [4.78, 5) is 25.9. The van der Waals surface area contributed by atoms with E-state index in [0.29, 0.717) is 24.4 Å². The second kappa shape index (κ2) is 7.81. The van der Waals surface area contributed by atoms with Crippen LogP contribution in [0.4, 0.5) is 0 Å². The van der Waals surface area contributed by atoms with Crippen molar-refractivity contribution < 1.29 is 19.8 Å². The van der Waals surface area contributed by atoms with Gasteiger partial charge in [-0.25, -0.2) is 4.79 Å². The highest BCUT2D eigenvalue weighted by Gasteiger charge is 2.17. The highest BCUT2D eigenvalue weighted by atomic mass is 32.1. The molecule has 20 heavy (non-hydrogen) atoms. The van der Waals surface area contributed by atoms with E-state index < -0.39 is 5.97 Å². The molecule has 0 saturated carbocycles. The van der Waals surface area contributed by atoms with Gasteiger partial charge in [-0.1, -0.05) is 0 Å². The molecule has 5 nitrogen and oxygen atoms in total. The molecule has 110 valence electrons. The van der Waals surface area contributed by atoms with Gasteiger partial charge < -0.3 is 15.1 Å². The van der Waals surface area contributed by atoms with Crippen LogP contribution in [-0.2, 0) is 4.79 Å². The maximum atomic E-state index is 12.3. The lowest BCUT2D eigenvalue weighted by molar-refractivity contribution is -0.131. The van der Waals surface area contributed by atoms with E-state index in [1.54, 1.807) is 11.0 Å². The molecule has 0 aliphatic carbocycles. The first-order valence-electron chi connectivity index (χ1n) is 6.41. The molecular weight excluding hydrogens is 278 g/mol. The first kappa shape index (κ1) is 16.4. The minimum Gasteiger partial charge on any atom is -0.478 e. The van der Waals surface area contributed by atoms with E-state index in [1.807, 2.05) is 13.8 Å². The summed E-state index contributed by atoms with van der Waals surface area (Å²) in [5.74, 6) is -1.09. The number of rotatable bonds is 7. The molecule has 1 rings (SSSR count). The highest BCUT2D eigenvalue weighted by molar-refractivity contribution is 7.15. The maximum Gasteiger partial charge on any atom is 0.328 e. The van der Waals surface area contributed by atoms with Gasteiger partial charge in [0.05, 0.1) is 4.88 Å². The molecule has 0 aliphatic rings. The molecule has 0 bridgehead atoms. The van der Waals surface area contributed by atoms with E-state index in [2.05, 4.69) is 0 Å². The topological polar surface area (TPSA) is 77.8 Å². The molecule has 0 unspecified atom stereocenters. The predicted molar refractivity (Wildman–Crippen MR) is 79.0 cm³/mol. The summed E-state index contributed by atoms with van der Waals surface area (Å²) in [7, 11) is 0. The molecule has 0 aromatic carbocycles. The number of hydrogen-bond acceptors (Lipinski definition) is 4. The van der Waals surface area contributed by atoms with Crippen LogP contribution in [0.1, 0.15) is 33.5 Å². The zero-order valence-corrected chi connectivity index (χ0v) is 12.4. The van der Waals surface area contributed by atoms with Crippen LogP contribution in [0.2, 0.25) is 0 Å². The Morgan fingerprint density at radius 1 is 1.45 bits per heavy atom. The standard InChI is InChI=1S/C14H19NO4S/c1-3-15(7-4-8-16)14(19)12-9-10(2)11(20-12)5-6-13(17)18/h5-6,9,16H,3-4,7-8H2,1-2H3,(H,17,18)/b6-5+. The molecule has 0 aliphatic heterocycles. The van der Waals surface area contributed by atoms with Gasteiger partial charge in [-0.3, -0.25) is 4.79 Å². The van der Waals surface area contributed by atoms with Crippen molar-refractivity contribution in [2.24, 2.45) is 0 Å². The summed E-state index contributed by atoms with van der Waals surface area (Å²) >= 11 is 1.28. The Labute approximate surface area is 122 Å². The van der Waals surface area contributed by atoms with Crippen molar-refractivity contribution in [2.45, 2.75) is 20.3 Å². The Kier molecular flexibility index (Phi) is 6.41. The molecule has 1 aromatic heterocycles. The number of carboxylic acid groups (broad SMARTS) is 1. The molecule has 0 atom stereocenters. The van der Waals surface area contributed by atoms with E-state index in [-0.39, 0.29) is 12.5 Å². The number of carbonyl (C=O) groups excluding carboxylic acids is 1. The number of aryl methyl sites for hydroxylation is 1. The van der Waals surface area contributed by atoms with Crippen molar-refractivity contribution in [3.05, 3.63) is 27.5 Å². The van der Waals surface area contributed by atoms with Crippen LogP contribution in [0.3, 0.4) is 0 Å². The molecule has 0 fully saturated rings. The Bertz CT molecular complexity index is 507. The molecule has 1 aromatic rings. The molecule has 0 spiro atoms. The fourth-order valence-electron chi connectivity index (χ4n) is 1.73. The van der Waals surface area contributed by atoms with Crippen LogP contribution in [0.25, 0.3) is 6.08 Å². The Morgan fingerprint density at radius 3 is 2.70 bits per heavy atom. The normalized spacial score (nSPS) is 10.9. The molecule has 0 radical (unpaired) electrons. The summed E-state index contributed by atoms with van der Waals surface area (Å²) in [6.45, 7) is 4.89. The summed E-state index contributed by atoms with van der Waals surface area (Å²) in [6.07, 6.45) is 3.12. The molecule has 1 heterocycles. The van der Waals surface area contributed by atoms with Crippen LogP contribution < -0.4 is 0 Å². The average molecular weight is 297 g/mol. The molecule has 0 saturated heterocycles. The number of aliphatic hydroxyl groups is 1. The van der Waals surface area contributed by atoms with E-state index in [1.165, 1.54) is 17.4 Å². The van der Waals surface area contributed by atoms with Crippen molar-refractivity contribution in [3.8, 4) is 0 Å². The first-order chi connectivity index (χ1) is 9.49. The van der Waals surface area contributed by atoms with Crippen LogP contribution in [0.5, 0.6) is 0 Å². The van der Waals surface area contributed by atoms with E-state index in [4.69, 9.17) is 10.2 Å². The third kappa shape index (κ3) is 4.47. The van der Waals surface area contributed by atoms with Gasteiger partial charge in [-0.05, 0) is 38.0 Å². The zero-order valence-electron chi connectivity index (χ0n) is 11.6. The maximum absolute atomic E-state index is 12.3. The Hall–Kier alpha value is -1.66. The van der Waals surface area contributed by atoms with Crippen molar-refractivity contribution in [1.82, 2.24) is 4.90 Å². The summed E-state index contributed by atoms with van der Waals surface area (Å²) < 4.78 is 0. The minimum atomic E-state index is -1.01. The molecule has 2 N–H and O–H groups in total. The number of hydrogen-bond donors (Lipinski definition) is 2. The van der Waals surface area contributed by atoms with Gasteiger partial charge in [0.1, 0.15) is 0 Å². The van der Waals surface area contributed by atoms with Gasteiger partial charge in [-0.15, -0.1) is 11.3 Å². The lowest BCUT2D eigenvalue weighted by Crippen LogP contribution is -2.31. The van der Waals surface area contributed by atoms with Crippen molar-refractivity contribution in [2.75, 3.05) is 19.7 Å². The van der Waals surface area contributed by atoms with Crippen molar-refractivity contribution in [1.29, 1.82) is 0 Å². The number of carbonyl (C=O) groups is 2. The molecule has 6 heteroatoms. The van der Waals surface area contributed by atoms with Crippen molar-refractivity contribution in [3.63, 3.8) is 0 Å². The smallest absolute Gasteiger partial charge is 0.328 e. The minimum absolute atomic E-state index is 0.0554. The van der Waals surface area contributed by atoms with Crippen LogP contribution in [-0.4, -0.2) is 46.7 Å². The third-order valence-corrected chi connectivity index (χ3v) is 3.99. The molecule has 1 amide bonds. The lowest BCUT2D eigenvalue weighted by Gasteiger charge is -2.19. The van der Waals surface area contributed by atoms with E-state index >= 15 is 0 Å². The van der Waals surface area contributed by atoms with Gasteiger partial charge in [0.25, 0.3) is 5.91 Å². The van der Waals surface area contributed by atoms with Crippen LogP contribution in [0.15, 0.2) is 12.1 Å². The zero-order chi connectivity index (χ0) is 15.1. The summed E-state index contributed by atoms with van der Waals surface area (Å²) in [6, 6.07) is 1.77. The van der Waals surface area contributed by atoms with Gasteiger partial charge in [0, 0.05) is 30.6 Å². The monoisotopic (exact) mass is 297 g/mol. The highest BCUT2D eigenvalue weighted by Crippen LogP contribution is 2.24. The number of thiophene rings is 1. The fourth-order valence-corrected chi connectivity index (χ4v) is 2.78. The predicted octanol–water partition coefficient (Wildman–Crippen LogP) is 2.00. The SMILES string of the molecule is CCN(CCCO)C(=O)c1cc(C)c(/C=C/C(=O)O)s1. The fraction of sp³-hybridized carbons (Fsp3) is 0.429. The number of aliphatic carboxylic acids is 1. The Morgan fingerprint density at radius 2 is 2.15 bits per heavy atom. The average Bonchev–Trinajstić information content (AvgIpc) is 2.78. The van der Waals surface area contributed by atoms with E-state index in [9.17, 15) is 9.59 Å². The summed E-state index contributed by atoms with van der Waals surface area (Å²) in [5, 5.41) is 17.5. The van der Waals surface area contributed by atoms with Gasteiger partial charge >= 0.3 is 5.97 Å². The second-order valence-corrected chi connectivity index (χ2v) is 5.38. The van der Waals surface area contributed by atoms with Crippen LogP contribution >= 0.6 is 11.3 Å². The van der Waals surface area contributed by atoms with E-state index in [0.717, 1.165) is 16.5 Å². The second-order valence-electron chi connectivity index (χ2n) is 4.29. The number of amides is 1. The van der Waals surface area contributed by atoms with Gasteiger partial charge in [0.15, 0.2) is 0 Å². The Balaban J connectivity index is 2.88. The number of carboxylic acids is 1. The quantitative estimate of drug-likeness (QED) is 0.755. The lowest BCUT2D eigenvalue weighted by atomic mass is 10.2. The molecular formula is C14H19NO4S. The number of nitrogens with zero attached hydrogens (tertiary/aromatic N) is 1. The first-order valence-corrected chi connectivity index (χ1v) is 7.22. The van der Waals surface area contributed by atoms with Crippen LogP contribution in [0, 0.1) is 6.92 Å². The van der Waals surface area contributed by atoms with Gasteiger partial charge in [-0.2, -0.15) is 0 Å². The number of aliphatic hydroxyl groups excluding tert-OH is 1. The van der Waals surface area contributed by atoms with Gasteiger partial charge in [0.2, 0.25) is 0 Å². The van der Waals surface area contributed by atoms with Crippen molar-refractivity contribution >= 4 is 29.3 Å².